The Kier molecular flexibility index (Phi) is 4.61. The first-order valence-electron chi connectivity index (χ1n) is 7.73. The molecule has 0 radical (unpaired) electrons. The van der Waals surface area contributed by atoms with Crippen molar-refractivity contribution in [1.29, 1.82) is 0 Å². The third kappa shape index (κ3) is 3.52. The Labute approximate surface area is 139 Å². The number of hydrogen-bond acceptors (Lipinski definition) is 3. The van der Waals surface area contributed by atoms with Crippen LogP contribution in [0.5, 0.6) is 0 Å². The molecule has 3 rings (SSSR count). The molecule has 1 atom stereocenters. The van der Waals surface area contributed by atoms with Gasteiger partial charge in [-0.1, -0.05) is 23.9 Å². The molecule has 1 heterocycles. The molecule has 1 saturated carbocycles. The normalized spacial score (nSPS) is 19.9. The van der Waals surface area contributed by atoms with Gasteiger partial charge in [-0.15, -0.1) is 0 Å². The number of anilines is 1. The number of rotatable bonds is 3. The second kappa shape index (κ2) is 6.66. The van der Waals surface area contributed by atoms with Crippen LogP contribution >= 0.6 is 11.8 Å². The fourth-order valence-electron chi connectivity index (χ4n) is 2.89. The Hall–Kier alpha value is -1.95. The van der Waals surface area contributed by atoms with Crippen molar-refractivity contribution in [3.05, 3.63) is 29.3 Å². The number of carbonyl (C=O) groups excluding carboxylic acids is 2. The zero-order chi connectivity index (χ0) is 16.4. The van der Waals surface area contributed by atoms with Crippen LogP contribution in [0.4, 0.5) is 10.5 Å². The average Bonchev–Trinajstić information content (AvgIpc) is 2.97. The Morgan fingerprint density at radius 3 is 3.00 bits per heavy atom. The van der Waals surface area contributed by atoms with Crippen molar-refractivity contribution in [3.8, 4) is 0 Å². The molecule has 0 spiro atoms. The zero-order valence-electron chi connectivity index (χ0n) is 13.3. The minimum Gasteiger partial charge on any atom is -0.325 e. The van der Waals surface area contributed by atoms with Gasteiger partial charge in [-0.3, -0.25) is 4.79 Å². The molecule has 1 N–H and O–H groups in total. The molecule has 0 bridgehead atoms. The Balaban J connectivity index is 1.61. The molecule has 1 unspecified atom stereocenters. The van der Waals surface area contributed by atoms with Crippen LogP contribution in [0, 0.1) is 19.8 Å². The van der Waals surface area contributed by atoms with E-state index in [2.05, 4.69) is 15.3 Å². The van der Waals surface area contributed by atoms with E-state index in [1.165, 1.54) is 11.8 Å². The van der Waals surface area contributed by atoms with Crippen molar-refractivity contribution in [1.82, 2.24) is 0 Å². The third-order valence-corrected chi connectivity index (χ3v) is 5.38. The first-order valence-corrected chi connectivity index (χ1v) is 8.72. The number of hydrogen-bond donors (Lipinski definition) is 1. The van der Waals surface area contributed by atoms with E-state index in [4.69, 9.17) is 0 Å². The van der Waals surface area contributed by atoms with E-state index in [1.54, 1.807) is 0 Å². The molecule has 5 nitrogen and oxygen atoms in total. The topological polar surface area (TPSA) is 70.9 Å². The van der Waals surface area contributed by atoms with Gasteiger partial charge < -0.3 is 5.32 Å². The minimum atomic E-state index is -0.435. The van der Waals surface area contributed by atoms with Gasteiger partial charge in [0.1, 0.15) is 0 Å². The quantitative estimate of drug-likeness (QED) is 0.918. The molecule has 23 heavy (non-hydrogen) atoms. The van der Waals surface area contributed by atoms with Crippen LogP contribution in [0.1, 0.15) is 30.4 Å². The first kappa shape index (κ1) is 15.9. The lowest BCUT2D eigenvalue weighted by molar-refractivity contribution is -0.113. The molecule has 2 aliphatic rings. The average molecular weight is 329 g/mol. The predicted octanol–water partition coefficient (Wildman–Crippen LogP) is 3.75. The first-order chi connectivity index (χ1) is 11.0. The summed E-state index contributed by atoms with van der Waals surface area (Å²) in [5.74, 6) is 0.315. The number of fused-ring (bicyclic) bond motifs is 1. The number of aryl methyl sites for hydroxylation is 1. The monoisotopic (exact) mass is 329 g/mol. The van der Waals surface area contributed by atoms with Gasteiger partial charge in [-0.05, 0) is 50.3 Å². The highest BCUT2D eigenvalue weighted by molar-refractivity contribution is 8.14. The summed E-state index contributed by atoms with van der Waals surface area (Å²) in [6, 6.07) is 5.41. The van der Waals surface area contributed by atoms with E-state index in [-0.39, 0.29) is 17.6 Å². The number of benzene rings is 1. The molecular weight excluding hydrogens is 310 g/mol. The van der Waals surface area contributed by atoms with Gasteiger partial charge in [0, 0.05) is 17.3 Å². The fraction of sp³-hybridized carbons (Fsp3) is 0.412. The Morgan fingerprint density at radius 2 is 2.17 bits per heavy atom. The summed E-state index contributed by atoms with van der Waals surface area (Å²) in [6.07, 6.45) is 2.87. The van der Waals surface area contributed by atoms with Gasteiger partial charge >= 0.3 is 6.03 Å². The van der Waals surface area contributed by atoms with Crippen molar-refractivity contribution >= 4 is 40.1 Å². The number of carbonyl (C=O) groups is 2. The van der Waals surface area contributed by atoms with Crippen molar-refractivity contribution in [2.24, 2.45) is 15.9 Å². The summed E-state index contributed by atoms with van der Waals surface area (Å²) in [7, 11) is 0. The zero-order valence-corrected chi connectivity index (χ0v) is 14.1. The summed E-state index contributed by atoms with van der Waals surface area (Å²) in [6.45, 7) is 4.01. The molecule has 0 saturated heterocycles. The highest BCUT2D eigenvalue weighted by Crippen LogP contribution is 2.31. The molecule has 1 fully saturated rings. The minimum absolute atomic E-state index is 0.0825. The van der Waals surface area contributed by atoms with Gasteiger partial charge in [-0.2, -0.15) is 4.99 Å². The van der Waals surface area contributed by atoms with Crippen LogP contribution in [-0.2, 0) is 4.79 Å². The molecule has 3 amide bonds. The molecular formula is C17H19N3O2S. The maximum atomic E-state index is 12.2. The number of nitrogens with one attached hydrogen (secondary N) is 1. The van der Waals surface area contributed by atoms with E-state index in [1.807, 2.05) is 32.0 Å². The summed E-state index contributed by atoms with van der Waals surface area (Å²) in [5.41, 5.74) is 3.98. The largest absolute Gasteiger partial charge is 0.367 e. The van der Waals surface area contributed by atoms with E-state index in [0.29, 0.717) is 0 Å². The van der Waals surface area contributed by atoms with Gasteiger partial charge in [0.05, 0.1) is 10.8 Å². The maximum absolute atomic E-state index is 12.2. The SMILES string of the molecule is Cc1cccc(NC(=O)CSC2=NC(=O)N=C3CCCC32)c1C. The Bertz CT molecular complexity index is 725. The van der Waals surface area contributed by atoms with Crippen molar-refractivity contribution in [2.45, 2.75) is 33.1 Å². The van der Waals surface area contributed by atoms with Crippen LogP contribution in [0.3, 0.4) is 0 Å². The lowest BCUT2D eigenvalue weighted by Gasteiger charge is -2.17. The van der Waals surface area contributed by atoms with Crippen LogP contribution in [0.25, 0.3) is 0 Å². The molecule has 0 aromatic heterocycles. The van der Waals surface area contributed by atoms with E-state index in [0.717, 1.165) is 46.8 Å². The van der Waals surface area contributed by atoms with Crippen molar-refractivity contribution < 1.29 is 9.59 Å². The number of urea groups is 1. The summed E-state index contributed by atoms with van der Waals surface area (Å²) >= 11 is 1.35. The predicted molar refractivity (Wildman–Crippen MR) is 94.6 cm³/mol. The van der Waals surface area contributed by atoms with E-state index in [9.17, 15) is 9.59 Å². The number of amides is 3. The molecule has 1 aliphatic heterocycles. The molecule has 120 valence electrons. The number of thioether (sulfide) groups is 1. The van der Waals surface area contributed by atoms with Crippen LogP contribution in [0.15, 0.2) is 28.2 Å². The summed E-state index contributed by atoms with van der Waals surface area (Å²) in [5, 5.41) is 3.68. The standard InChI is InChI=1S/C17H19N3O2S/c1-10-5-3-7-13(11(10)2)18-15(21)9-23-16-12-6-4-8-14(12)19-17(22)20-16/h3,5,7,12H,4,6,8-9H2,1-2H3,(H,18,21). The van der Waals surface area contributed by atoms with Gasteiger partial charge in [0.25, 0.3) is 0 Å². The van der Waals surface area contributed by atoms with E-state index < -0.39 is 6.03 Å². The van der Waals surface area contributed by atoms with Crippen molar-refractivity contribution in [3.63, 3.8) is 0 Å². The van der Waals surface area contributed by atoms with Gasteiger partial charge in [0.15, 0.2) is 0 Å². The second-order valence-electron chi connectivity index (χ2n) is 5.86. The van der Waals surface area contributed by atoms with Crippen LogP contribution in [-0.4, -0.2) is 28.4 Å². The summed E-state index contributed by atoms with van der Waals surface area (Å²) in [4.78, 5) is 31.7. The molecule has 6 heteroatoms. The third-order valence-electron chi connectivity index (χ3n) is 4.30. The summed E-state index contributed by atoms with van der Waals surface area (Å²) < 4.78 is 0. The highest BCUT2D eigenvalue weighted by Gasteiger charge is 2.32. The lowest BCUT2D eigenvalue weighted by Crippen LogP contribution is -2.24. The lowest BCUT2D eigenvalue weighted by atomic mass is 10.1. The van der Waals surface area contributed by atoms with Gasteiger partial charge in [0.2, 0.25) is 5.91 Å². The molecule has 1 aliphatic carbocycles. The molecule has 1 aromatic carbocycles. The van der Waals surface area contributed by atoms with Crippen LogP contribution < -0.4 is 5.32 Å². The van der Waals surface area contributed by atoms with Crippen LogP contribution in [0.2, 0.25) is 0 Å². The Morgan fingerprint density at radius 1 is 1.35 bits per heavy atom. The molecule has 1 aromatic rings. The highest BCUT2D eigenvalue weighted by atomic mass is 32.2. The number of aliphatic imine (C=N–C) groups is 2. The number of nitrogens with zero attached hydrogens (tertiary/aromatic N) is 2. The maximum Gasteiger partial charge on any atom is 0.367 e. The second-order valence-corrected chi connectivity index (χ2v) is 6.86. The van der Waals surface area contributed by atoms with E-state index >= 15 is 0 Å². The van der Waals surface area contributed by atoms with Gasteiger partial charge in [-0.25, -0.2) is 9.79 Å². The fourth-order valence-corrected chi connectivity index (χ4v) is 3.84. The van der Waals surface area contributed by atoms with Crippen molar-refractivity contribution in [2.75, 3.05) is 11.1 Å². The smallest absolute Gasteiger partial charge is 0.325 e.